The summed E-state index contributed by atoms with van der Waals surface area (Å²) in [5, 5.41) is 0.748. The molecule has 1 saturated heterocycles. The standard InChI is InChI=1S/C11H14Cl2N2/c12-6-10-2-1-5-15(10)8-9-3-4-14-7-11(9)13/h3-4,7,10H,1-2,5-6,8H2. The van der Waals surface area contributed by atoms with Crippen LogP contribution in [0.5, 0.6) is 0 Å². The number of likely N-dealkylation sites (tertiary alicyclic amines) is 1. The molecule has 2 nitrogen and oxygen atoms in total. The summed E-state index contributed by atoms with van der Waals surface area (Å²) in [5.74, 6) is 0.711. The van der Waals surface area contributed by atoms with E-state index < -0.39 is 0 Å². The minimum Gasteiger partial charge on any atom is -0.295 e. The van der Waals surface area contributed by atoms with Crippen LogP contribution in [0, 0.1) is 0 Å². The number of alkyl halides is 1. The molecule has 1 aliphatic rings. The fraction of sp³-hybridized carbons (Fsp3) is 0.545. The summed E-state index contributed by atoms with van der Waals surface area (Å²) >= 11 is 12.0. The Morgan fingerprint density at radius 2 is 2.40 bits per heavy atom. The Balaban J connectivity index is 2.05. The highest BCUT2D eigenvalue weighted by Crippen LogP contribution is 2.23. The zero-order valence-electron chi connectivity index (χ0n) is 8.50. The van der Waals surface area contributed by atoms with Gasteiger partial charge in [0.1, 0.15) is 0 Å². The topological polar surface area (TPSA) is 16.1 Å². The van der Waals surface area contributed by atoms with Gasteiger partial charge in [-0.2, -0.15) is 0 Å². The molecule has 1 fully saturated rings. The fourth-order valence-electron chi connectivity index (χ4n) is 2.03. The minimum absolute atomic E-state index is 0.510. The van der Waals surface area contributed by atoms with E-state index in [4.69, 9.17) is 23.2 Å². The zero-order valence-corrected chi connectivity index (χ0v) is 10.0. The van der Waals surface area contributed by atoms with Crippen LogP contribution in [-0.2, 0) is 6.54 Å². The van der Waals surface area contributed by atoms with Gasteiger partial charge < -0.3 is 0 Å². The Labute approximate surface area is 100 Å². The van der Waals surface area contributed by atoms with E-state index in [1.54, 1.807) is 12.4 Å². The number of aromatic nitrogens is 1. The maximum Gasteiger partial charge on any atom is 0.0634 e. The Morgan fingerprint density at radius 1 is 1.53 bits per heavy atom. The molecule has 0 saturated carbocycles. The van der Waals surface area contributed by atoms with Gasteiger partial charge in [-0.3, -0.25) is 9.88 Å². The Morgan fingerprint density at radius 3 is 3.13 bits per heavy atom. The number of hydrogen-bond acceptors (Lipinski definition) is 2. The van der Waals surface area contributed by atoms with Crippen LogP contribution in [0.25, 0.3) is 0 Å². The van der Waals surface area contributed by atoms with Crippen LogP contribution in [-0.4, -0.2) is 28.4 Å². The first-order chi connectivity index (χ1) is 7.31. The van der Waals surface area contributed by atoms with Gasteiger partial charge in [0.15, 0.2) is 0 Å². The van der Waals surface area contributed by atoms with Crippen LogP contribution in [0.15, 0.2) is 18.5 Å². The molecule has 82 valence electrons. The molecule has 4 heteroatoms. The first kappa shape index (κ1) is 11.2. The van der Waals surface area contributed by atoms with Crippen molar-refractivity contribution in [2.45, 2.75) is 25.4 Å². The maximum atomic E-state index is 6.07. The highest BCUT2D eigenvalue weighted by Gasteiger charge is 2.23. The van der Waals surface area contributed by atoms with Crippen molar-refractivity contribution in [2.75, 3.05) is 12.4 Å². The number of hydrogen-bond donors (Lipinski definition) is 0. The molecule has 2 rings (SSSR count). The van der Waals surface area contributed by atoms with Gasteiger partial charge in [-0.15, -0.1) is 11.6 Å². The average Bonchev–Trinajstić information content (AvgIpc) is 2.69. The molecule has 0 N–H and O–H groups in total. The summed E-state index contributed by atoms with van der Waals surface area (Å²) in [4.78, 5) is 6.38. The van der Waals surface area contributed by atoms with Crippen molar-refractivity contribution < 1.29 is 0 Å². The van der Waals surface area contributed by atoms with Crippen molar-refractivity contribution in [3.63, 3.8) is 0 Å². The lowest BCUT2D eigenvalue weighted by atomic mass is 10.2. The average molecular weight is 245 g/mol. The van der Waals surface area contributed by atoms with Gasteiger partial charge in [0.25, 0.3) is 0 Å². The number of halogens is 2. The first-order valence-electron chi connectivity index (χ1n) is 5.19. The molecule has 15 heavy (non-hydrogen) atoms. The molecular weight excluding hydrogens is 231 g/mol. The summed E-state index contributed by atoms with van der Waals surface area (Å²) in [6.07, 6.45) is 5.92. The van der Waals surface area contributed by atoms with E-state index in [2.05, 4.69) is 9.88 Å². The summed E-state index contributed by atoms with van der Waals surface area (Å²) < 4.78 is 0. The molecule has 0 aliphatic carbocycles. The van der Waals surface area contributed by atoms with Gasteiger partial charge in [0, 0.05) is 30.9 Å². The summed E-state index contributed by atoms with van der Waals surface area (Å²) in [6, 6.07) is 2.49. The van der Waals surface area contributed by atoms with E-state index in [0.717, 1.165) is 23.7 Å². The Hall–Kier alpha value is -0.310. The first-order valence-corrected chi connectivity index (χ1v) is 6.11. The Bertz CT molecular complexity index is 330. The third-order valence-electron chi connectivity index (χ3n) is 2.91. The van der Waals surface area contributed by atoms with E-state index in [1.165, 1.54) is 12.8 Å². The van der Waals surface area contributed by atoms with Gasteiger partial charge >= 0.3 is 0 Å². The fourth-order valence-corrected chi connectivity index (χ4v) is 2.56. The molecule has 1 unspecified atom stereocenters. The predicted octanol–water partition coefficient (Wildman–Crippen LogP) is 2.94. The van der Waals surface area contributed by atoms with E-state index in [9.17, 15) is 0 Å². The maximum absolute atomic E-state index is 6.07. The van der Waals surface area contributed by atoms with Gasteiger partial charge in [-0.25, -0.2) is 0 Å². The Kier molecular flexibility index (Phi) is 3.84. The van der Waals surface area contributed by atoms with E-state index in [0.29, 0.717) is 11.9 Å². The van der Waals surface area contributed by atoms with E-state index in [1.807, 2.05) is 6.07 Å². The number of pyridine rings is 1. The second-order valence-corrected chi connectivity index (χ2v) is 4.60. The second-order valence-electron chi connectivity index (χ2n) is 3.89. The lowest BCUT2D eigenvalue weighted by molar-refractivity contribution is 0.263. The monoisotopic (exact) mass is 244 g/mol. The van der Waals surface area contributed by atoms with Crippen molar-refractivity contribution in [1.29, 1.82) is 0 Å². The normalized spacial score (nSPS) is 22.1. The molecule has 0 radical (unpaired) electrons. The van der Waals surface area contributed by atoms with Gasteiger partial charge in [-0.1, -0.05) is 11.6 Å². The van der Waals surface area contributed by atoms with Crippen molar-refractivity contribution in [2.24, 2.45) is 0 Å². The summed E-state index contributed by atoms with van der Waals surface area (Å²) in [6.45, 7) is 2.01. The predicted molar refractivity (Wildman–Crippen MR) is 63.4 cm³/mol. The van der Waals surface area contributed by atoms with Crippen LogP contribution in [0.4, 0.5) is 0 Å². The van der Waals surface area contributed by atoms with Crippen LogP contribution in [0.3, 0.4) is 0 Å². The molecule has 1 atom stereocenters. The van der Waals surface area contributed by atoms with Crippen molar-refractivity contribution in [1.82, 2.24) is 9.88 Å². The largest absolute Gasteiger partial charge is 0.295 e. The van der Waals surface area contributed by atoms with Crippen LogP contribution in [0.1, 0.15) is 18.4 Å². The van der Waals surface area contributed by atoms with E-state index >= 15 is 0 Å². The highest BCUT2D eigenvalue weighted by atomic mass is 35.5. The van der Waals surface area contributed by atoms with Gasteiger partial charge in [0.2, 0.25) is 0 Å². The molecule has 1 aromatic rings. The zero-order chi connectivity index (χ0) is 10.7. The SMILES string of the molecule is ClCC1CCCN1Cc1ccncc1Cl. The summed E-state index contributed by atoms with van der Waals surface area (Å²) in [5.41, 5.74) is 1.14. The molecule has 0 aromatic carbocycles. The van der Waals surface area contributed by atoms with Crippen molar-refractivity contribution in [3.05, 3.63) is 29.0 Å². The smallest absolute Gasteiger partial charge is 0.0634 e. The number of rotatable bonds is 3. The van der Waals surface area contributed by atoms with Crippen LogP contribution in [0.2, 0.25) is 5.02 Å². The van der Waals surface area contributed by atoms with Crippen LogP contribution < -0.4 is 0 Å². The molecule has 0 bridgehead atoms. The quantitative estimate of drug-likeness (QED) is 0.761. The van der Waals surface area contributed by atoms with Gasteiger partial charge in [0.05, 0.1) is 5.02 Å². The molecule has 2 heterocycles. The lowest BCUT2D eigenvalue weighted by Gasteiger charge is -2.22. The van der Waals surface area contributed by atoms with Crippen molar-refractivity contribution >= 4 is 23.2 Å². The third-order valence-corrected chi connectivity index (χ3v) is 3.60. The highest BCUT2D eigenvalue weighted by molar-refractivity contribution is 6.31. The van der Waals surface area contributed by atoms with Gasteiger partial charge in [-0.05, 0) is 31.0 Å². The third kappa shape index (κ3) is 2.63. The second kappa shape index (κ2) is 5.15. The molecular formula is C11H14Cl2N2. The lowest BCUT2D eigenvalue weighted by Crippen LogP contribution is -2.30. The molecule has 0 amide bonds. The molecule has 1 aliphatic heterocycles. The van der Waals surface area contributed by atoms with Crippen molar-refractivity contribution in [3.8, 4) is 0 Å². The minimum atomic E-state index is 0.510. The molecule has 0 spiro atoms. The van der Waals surface area contributed by atoms with E-state index in [-0.39, 0.29) is 0 Å². The number of nitrogens with zero attached hydrogens (tertiary/aromatic N) is 2. The van der Waals surface area contributed by atoms with Crippen LogP contribution >= 0.6 is 23.2 Å². The molecule has 1 aromatic heterocycles. The summed E-state index contributed by atoms with van der Waals surface area (Å²) in [7, 11) is 0.